The summed E-state index contributed by atoms with van der Waals surface area (Å²) in [6.45, 7) is 34.0. The molecule has 22 rings (SSSR count). The minimum atomic E-state index is -0.605. The number of para-hydroxylation sites is 4. The molecule has 0 unspecified atom stereocenters. The lowest BCUT2D eigenvalue weighted by molar-refractivity contribution is 0.568. The van der Waals surface area contributed by atoms with Crippen LogP contribution in [0, 0.1) is 0 Å². The van der Waals surface area contributed by atoms with Crippen LogP contribution in [-0.4, -0.2) is 11.3 Å². The van der Waals surface area contributed by atoms with Crippen LogP contribution in [0.3, 0.4) is 0 Å². The molecule has 0 radical (unpaired) electrons. The number of aromatic nitrogens is 1. The molecule has 0 saturated heterocycles. The molecule has 4 aliphatic rings. The van der Waals surface area contributed by atoms with Gasteiger partial charge in [0.25, 0.3) is 6.71 Å². The summed E-state index contributed by atoms with van der Waals surface area (Å²) in [7, 11) is 0. The second kappa shape index (κ2) is 26.9. The maximum Gasteiger partial charge on any atom is 0.252 e. The minimum absolute atomic E-state index is 0.00204. The van der Waals surface area contributed by atoms with Crippen molar-refractivity contribution in [1.29, 1.82) is 0 Å². The minimum Gasteiger partial charge on any atom is -0.453 e. The van der Waals surface area contributed by atoms with Crippen LogP contribution in [-0.2, 0) is 32.5 Å². The third kappa shape index (κ3) is 11.4. The number of anilines is 6. The maximum atomic E-state index is 10.0. The molecule has 4 nitrogen and oxygen atoms in total. The molecule has 2 aliphatic heterocycles. The molecule has 2 aromatic heterocycles. The summed E-state index contributed by atoms with van der Waals surface area (Å²) in [4.78, 5) is 5.01. The van der Waals surface area contributed by atoms with E-state index in [-0.39, 0.29) is 61.0 Å². The summed E-state index contributed by atoms with van der Waals surface area (Å²) in [5, 5.41) is 1.80. The van der Waals surface area contributed by atoms with Crippen LogP contribution in [0.5, 0.6) is 0 Å². The van der Waals surface area contributed by atoms with Crippen molar-refractivity contribution in [3.63, 3.8) is 0 Å². The zero-order valence-electron chi connectivity index (χ0n) is 80.0. The predicted octanol–water partition coefficient (Wildman–Crippen LogP) is 29.9. The fourth-order valence-corrected chi connectivity index (χ4v) is 20.5. The highest BCUT2D eigenvalue weighted by atomic mass is 16.3. The number of hydrogen-bond acceptors (Lipinski definition) is 3. The molecular weight excluding hydrogens is 1470 g/mol. The standard InChI is InChI=1S/C117H100BN3O/c1-112(2,3)77-59-74(60-78(66-77)113(4,5)6)73-55-57-98-103(63-73)121(109-92(71-35-18-16-19-36-71)68-81(116(13,14)15)69-93(109)72-37-20-17-21-38-72)106-65-76(75-61-79(114(7,8)9)67-80(62-75)115(10,11)12)64-105-108(106)118(98)99-58-56-82(119-100-52-30-25-41-85(100)86-42-26-31-53-101(86)119)70-104(99)120(105)102-54-34-47-90-89-46-32-45-88(110(89)122-111(90)102)87-44-33-51-97-107(87)91-43-24-29-50-96(91)117(97)94-48-27-22-39-83(94)84-40-23-28-49-95(84)117/h16-70H,1-15H3/i25D,26D,30D,31D,41D,42D,52D,53D. The second-order valence-corrected chi connectivity index (χ2v) is 39.4. The van der Waals surface area contributed by atoms with E-state index < -0.39 is 48.4 Å². The Bertz CT molecular complexity index is 7690. The van der Waals surface area contributed by atoms with Crippen LogP contribution in [0.1, 0.15) is 165 Å². The molecule has 122 heavy (non-hydrogen) atoms. The van der Waals surface area contributed by atoms with Gasteiger partial charge in [0.15, 0.2) is 5.58 Å². The smallest absolute Gasteiger partial charge is 0.252 e. The zero-order valence-corrected chi connectivity index (χ0v) is 72.0. The Kier molecular flexibility index (Phi) is 14.7. The van der Waals surface area contributed by atoms with Gasteiger partial charge in [-0.2, -0.15) is 0 Å². The van der Waals surface area contributed by atoms with E-state index in [0.717, 1.165) is 111 Å². The molecule has 0 atom stereocenters. The first kappa shape index (κ1) is 66.6. The van der Waals surface area contributed by atoms with Crippen molar-refractivity contribution < 1.29 is 15.4 Å². The molecular formula is C117H100BN3O. The number of benzene rings is 16. The van der Waals surface area contributed by atoms with Gasteiger partial charge in [0.05, 0.1) is 38.8 Å². The van der Waals surface area contributed by atoms with Gasteiger partial charge in [0.1, 0.15) is 5.58 Å². The Morgan fingerprint density at radius 1 is 0.287 bits per heavy atom. The predicted molar refractivity (Wildman–Crippen MR) is 519 cm³/mol. The van der Waals surface area contributed by atoms with E-state index >= 15 is 0 Å². The highest BCUT2D eigenvalue weighted by Gasteiger charge is 2.53. The molecule has 0 amide bonds. The van der Waals surface area contributed by atoms with E-state index in [0.29, 0.717) is 28.2 Å². The van der Waals surface area contributed by atoms with Gasteiger partial charge in [-0.05, 0) is 215 Å². The fraction of sp³-hybridized carbons (Fsp3) is 0.179. The summed E-state index contributed by atoms with van der Waals surface area (Å²) < 4.78 is 86.6. The van der Waals surface area contributed by atoms with Gasteiger partial charge in [-0.25, -0.2) is 0 Å². The maximum absolute atomic E-state index is 10.0. The Morgan fingerprint density at radius 3 is 1.25 bits per heavy atom. The average Bonchev–Trinajstić information content (AvgIpc) is 1.28. The molecule has 0 saturated carbocycles. The van der Waals surface area contributed by atoms with Crippen LogP contribution in [0.2, 0.25) is 0 Å². The van der Waals surface area contributed by atoms with E-state index in [2.05, 4.69) is 393 Å². The van der Waals surface area contributed by atoms with Crippen LogP contribution in [0.15, 0.2) is 338 Å². The third-order valence-corrected chi connectivity index (χ3v) is 26.8. The van der Waals surface area contributed by atoms with Gasteiger partial charge in [0, 0.05) is 66.7 Å². The zero-order chi connectivity index (χ0) is 90.5. The van der Waals surface area contributed by atoms with Gasteiger partial charge in [-0.15, -0.1) is 0 Å². The third-order valence-electron chi connectivity index (χ3n) is 26.8. The second-order valence-electron chi connectivity index (χ2n) is 39.4. The van der Waals surface area contributed by atoms with Gasteiger partial charge in [-0.3, -0.25) is 0 Å². The Hall–Kier alpha value is -13.2. The van der Waals surface area contributed by atoms with Gasteiger partial charge < -0.3 is 18.8 Å². The summed E-state index contributed by atoms with van der Waals surface area (Å²) >= 11 is 0. The van der Waals surface area contributed by atoms with Crippen molar-refractivity contribution in [3.05, 3.63) is 384 Å². The van der Waals surface area contributed by atoms with E-state index in [1.54, 1.807) is 4.57 Å². The normalized spacial score (nSPS) is 14.8. The first-order valence-corrected chi connectivity index (χ1v) is 43.1. The molecule has 592 valence electrons. The molecule has 0 bridgehead atoms. The molecule has 0 fully saturated rings. The number of nitrogens with zero attached hydrogens (tertiary/aromatic N) is 3. The Balaban J connectivity index is 0.906. The SMILES string of the molecule is [2H]c1c([2H])c([2H])c2c(c1[2H])c1c([2H])c([2H])c([2H])c([2H])c1n2-c1ccc2c(c1)N(c1cccc3c1oc1c(-c4cccc5c4-c4ccccc4C54c5ccccc5-c5ccccc54)cccc13)c1cc(-c3cc(C(C)(C)C)cc(C(C)(C)C)c3)cc3c1B2c1ccc(-c2cc(C(C)(C)C)cc(C(C)(C)C)c2)cc1N3c1c(-c2ccccc2)cc(C(C)(C)C)cc1-c1ccccc1. The molecule has 4 heterocycles. The van der Waals surface area contributed by atoms with Crippen molar-refractivity contribution in [2.45, 2.75) is 136 Å². The number of fused-ring (bicyclic) bond motifs is 20. The Labute approximate surface area is 729 Å². The van der Waals surface area contributed by atoms with E-state index in [1.165, 1.54) is 66.8 Å². The van der Waals surface area contributed by atoms with E-state index in [9.17, 15) is 11.0 Å². The van der Waals surface area contributed by atoms with Gasteiger partial charge in [0.2, 0.25) is 0 Å². The summed E-state index contributed by atoms with van der Waals surface area (Å²) in [5.74, 6) is 0. The first-order valence-electron chi connectivity index (χ1n) is 47.1. The molecule has 5 heteroatoms. The number of rotatable bonds is 8. The van der Waals surface area contributed by atoms with Crippen molar-refractivity contribution in [2.24, 2.45) is 0 Å². The number of hydrogen-bond donors (Lipinski definition) is 0. The van der Waals surface area contributed by atoms with Crippen molar-refractivity contribution in [3.8, 4) is 83.6 Å². The Morgan fingerprint density at radius 2 is 0.697 bits per heavy atom. The van der Waals surface area contributed by atoms with Crippen LogP contribution < -0.4 is 26.2 Å². The molecule has 2 aliphatic carbocycles. The largest absolute Gasteiger partial charge is 0.453 e. The average molecular weight is 1580 g/mol. The van der Waals surface area contributed by atoms with Crippen molar-refractivity contribution in [1.82, 2.24) is 4.57 Å². The highest BCUT2D eigenvalue weighted by Crippen LogP contribution is 2.65. The van der Waals surface area contributed by atoms with Crippen LogP contribution in [0.4, 0.5) is 34.1 Å². The van der Waals surface area contributed by atoms with Gasteiger partial charge >= 0.3 is 0 Å². The lowest BCUT2D eigenvalue weighted by Gasteiger charge is -2.45. The highest BCUT2D eigenvalue weighted by molar-refractivity contribution is 7.00. The van der Waals surface area contributed by atoms with Crippen LogP contribution >= 0.6 is 0 Å². The summed E-state index contributed by atoms with van der Waals surface area (Å²) in [6, 6.07) is 102. The van der Waals surface area contributed by atoms with Crippen LogP contribution in [0.25, 0.3) is 127 Å². The topological polar surface area (TPSA) is 24.6 Å². The summed E-state index contributed by atoms with van der Waals surface area (Å²) in [6.07, 6.45) is 0. The first-order chi connectivity index (χ1) is 62.0. The van der Waals surface area contributed by atoms with Gasteiger partial charge in [-0.1, -0.05) is 377 Å². The monoisotopic (exact) mass is 1580 g/mol. The molecule has 16 aromatic carbocycles. The lowest BCUT2D eigenvalue weighted by atomic mass is 9.33. The van der Waals surface area contributed by atoms with Crippen molar-refractivity contribution in [2.75, 3.05) is 9.80 Å². The number of furan rings is 1. The fourth-order valence-electron chi connectivity index (χ4n) is 20.5. The molecule has 0 N–H and O–H groups in total. The van der Waals surface area contributed by atoms with E-state index in [1.807, 2.05) is 6.07 Å². The molecule has 18 aromatic rings. The summed E-state index contributed by atoms with van der Waals surface area (Å²) in [5.41, 5.74) is 34.1. The van der Waals surface area contributed by atoms with E-state index in [4.69, 9.17) is 4.42 Å². The molecule has 1 spiro atoms. The quantitative estimate of drug-likeness (QED) is 0.142. The van der Waals surface area contributed by atoms with Crippen molar-refractivity contribution >= 4 is 101 Å². The lowest BCUT2D eigenvalue weighted by Crippen LogP contribution is -2.61.